The lowest BCUT2D eigenvalue weighted by atomic mass is 9.96. The standard InChI is InChI=1S/C17H22N2OS/c1-2-9-20-15-7-5-14(6-8-15)18-17(21)19-16-11-12-3-4-13(16)10-12/h2,5-8,12-13,16H,1,3-4,9-11H2,(H2,18,19,21)/t12-,13-,16-/m0/s1. The van der Waals surface area contributed by atoms with Gasteiger partial charge in [0.1, 0.15) is 12.4 Å². The Morgan fingerprint density at radius 2 is 2.10 bits per heavy atom. The smallest absolute Gasteiger partial charge is 0.171 e. The van der Waals surface area contributed by atoms with E-state index in [0.29, 0.717) is 12.6 Å². The van der Waals surface area contributed by atoms with Crippen molar-refractivity contribution in [2.75, 3.05) is 11.9 Å². The Labute approximate surface area is 131 Å². The summed E-state index contributed by atoms with van der Waals surface area (Å²) in [5.74, 6) is 2.59. The highest BCUT2D eigenvalue weighted by molar-refractivity contribution is 7.80. The second-order valence-corrected chi connectivity index (χ2v) is 6.41. The summed E-state index contributed by atoms with van der Waals surface area (Å²) in [5, 5.41) is 7.47. The van der Waals surface area contributed by atoms with Crippen LogP contribution in [-0.2, 0) is 0 Å². The third-order valence-electron chi connectivity index (χ3n) is 4.53. The summed E-state index contributed by atoms with van der Waals surface area (Å²) in [4.78, 5) is 0. The lowest BCUT2D eigenvalue weighted by molar-refractivity contribution is 0.363. The molecule has 3 rings (SSSR count). The molecule has 2 bridgehead atoms. The van der Waals surface area contributed by atoms with E-state index in [-0.39, 0.29) is 0 Å². The van der Waals surface area contributed by atoms with Crippen molar-refractivity contribution in [1.82, 2.24) is 5.32 Å². The first kappa shape index (κ1) is 14.4. The molecule has 0 aliphatic heterocycles. The third-order valence-corrected chi connectivity index (χ3v) is 4.75. The molecule has 0 amide bonds. The molecule has 3 nitrogen and oxygen atoms in total. The van der Waals surface area contributed by atoms with Gasteiger partial charge in [-0.25, -0.2) is 0 Å². The molecule has 2 aliphatic carbocycles. The molecule has 1 aromatic carbocycles. The van der Waals surface area contributed by atoms with Gasteiger partial charge in [-0.15, -0.1) is 0 Å². The van der Waals surface area contributed by atoms with E-state index in [1.165, 1.54) is 25.7 Å². The van der Waals surface area contributed by atoms with Crippen molar-refractivity contribution in [3.05, 3.63) is 36.9 Å². The highest BCUT2D eigenvalue weighted by atomic mass is 32.1. The number of ether oxygens (including phenoxy) is 1. The minimum atomic E-state index is 0.525. The molecule has 3 atom stereocenters. The first-order valence-corrected chi connectivity index (χ1v) is 8.06. The fourth-order valence-corrected chi connectivity index (χ4v) is 3.82. The molecule has 0 saturated heterocycles. The fourth-order valence-electron chi connectivity index (χ4n) is 3.55. The molecule has 0 heterocycles. The maximum absolute atomic E-state index is 5.46. The molecule has 2 fully saturated rings. The lowest BCUT2D eigenvalue weighted by Crippen LogP contribution is -2.40. The number of rotatable bonds is 5. The summed E-state index contributed by atoms with van der Waals surface area (Å²) in [6.07, 6.45) is 7.17. The molecule has 112 valence electrons. The van der Waals surface area contributed by atoms with Gasteiger partial charge in [-0.1, -0.05) is 19.1 Å². The van der Waals surface area contributed by atoms with Crippen LogP contribution in [0.2, 0.25) is 0 Å². The van der Waals surface area contributed by atoms with E-state index in [4.69, 9.17) is 17.0 Å². The molecule has 0 spiro atoms. The highest BCUT2D eigenvalue weighted by Crippen LogP contribution is 2.44. The molecule has 0 aromatic heterocycles. The summed E-state index contributed by atoms with van der Waals surface area (Å²) < 4.78 is 5.46. The van der Waals surface area contributed by atoms with Crippen molar-refractivity contribution in [3.63, 3.8) is 0 Å². The summed E-state index contributed by atoms with van der Waals surface area (Å²) in [5.41, 5.74) is 0.988. The molecule has 2 saturated carbocycles. The average molecular weight is 302 g/mol. The number of hydrogen-bond acceptors (Lipinski definition) is 2. The number of thiocarbonyl (C=S) groups is 1. The molecule has 2 N–H and O–H groups in total. The number of benzene rings is 1. The van der Waals surface area contributed by atoms with Gasteiger partial charge >= 0.3 is 0 Å². The Kier molecular flexibility index (Phi) is 4.44. The quantitative estimate of drug-likeness (QED) is 0.641. The van der Waals surface area contributed by atoms with Crippen LogP contribution in [0.1, 0.15) is 25.7 Å². The molecule has 1 aromatic rings. The monoisotopic (exact) mass is 302 g/mol. The Balaban J connectivity index is 1.49. The Morgan fingerprint density at radius 3 is 2.71 bits per heavy atom. The van der Waals surface area contributed by atoms with E-state index in [2.05, 4.69) is 17.2 Å². The lowest BCUT2D eigenvalue weighted by Gasteiger charge is -2.24. The van der Waals surface area contributed by atoms with Crippen molar-refractivity contribution >= 4 is 23.0 Å². The maximum atomic E-state index is 5.46. The van der Waals surface area contributed by atoms with E-state index in [9.17, 15) is 0 Å². The van der Waals surface area contributed by atoms with Gasteiger partial charge in [0.05, 0.1) is 0 Å². The van der Waals surface area contributed by atoms with Gasteiger partial charge in [-0.2, -0.15) is 0 Å². The van der Waals surface area contributed by atoms with Crippen LogP contribution in [0.5, 0.6) is 5.75 Å². The normalized spacial score (nSPS) is 26.4. The zero-order chi connectivity index (χ0) is 14.7. The Bertz CT molecular complexity index is 514. The molecule has 21 heavy (non-hydrogen) atoms. The zero-order valence-corrected chi connectivity index (χ0v) is 13.0. The third kappa shape index (κ3) is 3.56. The van der Waals surface area contributed by atoms with Crippen LogP contribution in [0, 0.1) is 11.8 Å². The molecule has 2 aliphatic rings. The van der Waals surface area contributed by atoms with Crippen molar-refractivity contribution in [2.24, 2.45) is 11.8 Å². The molecule has 0 unspecified atom stereocenters. The van der Waals surface area contributed by atoms with Crippen molar-refractivity contribution in [1.29, 1.82) is 0 Å². The highest BCUT2D eigenvalue weighted by Gasteiger charge is 2.39. The van der Waals surface area contributed by atoms with Crippen molar-refractivity contribution < 1.29 is 4.74 Å². The summed E-state index contributed by atoms with van der Waals surface area (Å²) in [6.45, 7) is 4.16. The van der Waals surface area contributed by atoms with Crippen LogP contribution >= 0.6 is 12.2 Å². The van der Waals surface area contributed by atoms with Gasteiger partial charge in [-0.05, 0) is 67.6 Å². The van der Waals surface area contributed by atoms with Crippen LogP contribution < -0.4 is 15.4 Å². The number of fused-ring (bicyclic) bond motifs is 2. The van der Waals surface area contributed by atoms with Crippen molar-refractivity contribution in [3.8, 4) is 5.75 Å². The van der Waals surface area contributed by atoms with Crippen LogP contribution in [0.25, 0.3) is 0 Å². The van der Waals surface area contributed by atoms with Crippen LogP contribution in [0.4, 0.5) is 5.69 Å². The minimum absolute atomic E-state index is 0.525. The Hall–Kier alpha value is -1.55. The number of nitrogens with one attached hydrogen (secondary N) is 2. The van der Waals surface area contributed by atoms with Gasteiger partial charge in [0.2, 0.25) is 0 Å². The molecule has 0 radical (unpaired) electrons. The van der Waals surface area contributed by atoms with Crippen LogP contribution in [0.15, 0.2) is 36.9 Å². The zero-order valence-electron chi connectivity index (χ0n) is 12.2. The van der Waals surface area contributed by atoms with Gasteiger partial charge in [-0.3, -0.25) is 0 Å². The fraction of sp³-hybridized carbons (Fsp3) is 0.471. The van der Waals surface area contributed by atoms with E-state index in [0.717, 1.165) is 28.4 Å². The minimum Gasteiger partial charge on any atom is -0.490 e. The van der Waals surface area contributed by atoms with E-state index < -0.39 is 0 Å². The molecular weight excluding hydrogens is 280 g/mol. The Morgan fingerprint density at radius 1 is 1.29 bits per heavy atom. The van der Waals surface area contributed by atoms with Gasteiger partial charge in [0, 0.05) is 11.7 Å². The predicted octanol–water partition coefficient (Wildman–Crippen LogP) is 3.73. The summed E-state index contributed by atoms with van der Waals surface area (Å²) in [6, 6.07) is 8.40. The SMILES string of the molecule is C=CCOc1ccc(NC(=S)N[C@H]2C[C@H]3CC[C@H]2C3)cc1. The summed E-state index contributed by atoms with van der Waals surface area (Å²) >= 11 is 5.42. The second kappa shape index (κ2) is 6.48. The van der Waals surface area contributed by atoms with E-state index in [1.54, 1.807) is 6.08 Å². The first-order valence-electron chi connectivity index (χ1n) is 7.66. The number of hydrogen-bond donors (Lipinski definition) is 2. The number of anilines is 1. The van der Waals surface area contributed by atoms with E-state index in [1.807, 2.05) is 24.3 Å². The molecule has 4 heteroatoms. The maximum Gasteiger partial charge on any atom is 0.171 e. The second-order valence-electron chi connectivity index (χ2n) is 6.00. The first-order chi connectivity index (χ1) is 10.2. The van der Waals surface area contributed by atoms with E-state index >= 15 is 0 Å². The largest absolute Gasteiger partial charge is 0.490 e. The average Bonchev–Trinajstić information content (AvgIpc) is 3.09. The van der Waals surface area contributed by atoms with Crippen molar-refractivity contribution in [2.45, 2.75) is 31.7 Å². The van der Waals surface area contributed by atoms with Gasteiger partial charge in [0.15, 0.2) is 5.11 Å². The van der Waals surface area contributed by atoms with Crippen LogP contribution in [0.3, 0.4) is 0 Å². The van der Waals surface area contributed by atoms with Gasteiger partial charge < -0.3 is 15.4 Å². The van der Waals surface area contributed by atoms with Gasteiger partial charge in [0.25, 0.3) is 0 Å². The predicted molar refractivity (Wildman–Crippen MR) is 90.7 cm³/mol. The topological polar surface area (TPSA) is 33.3 Å². The summed E-state index contributed by atoms with van der Waals surface area (Å²) in [7, 11) is 0. The molecular formula is C17H22N2OS. The van der Waals surface area contributed by atoms with Crippen LogP contribution in [-0.4, -0.2) is 17.8 Å².